The number of hydrogen-bond acceptors (Lipinski definition) is 6. The van der Waals surface area contributed by atoms with Crippen molar-refractivity contribution in [3.8, 4) is 5.75 Å². The van der Waals surface area contributed by atoms with Gasteiger partial charge in [0.05, 0.1) is 36.6 Å². The molecule has 8 heteroatoms. The van der Waals surface area contributed by atoms with Crippen LogP contribution >= 0.6 is 0 Å². The molecule has 0 aromatic heterocycles. The molecule has 0 radical (unpaired) electrons. The monoisotopic (exact) mass is 620 g/mol. The Morgan fingerprint density at radius 1 is 0.786 bits per heavy atom. The minimum atomic E-state index is -3.72. The first-order chi connectivity index (χ1) is 19.7. The molecule has 1 unspecified atom stereocenters. The van der Waals surface area contributed by atoms with Crippen LogP contribution in [0.25, 0.3) is 0 Å². The zero-order valence-corrected chi connectivity index (χ0v) is 29.4. The number of ether oxygens (including phenoxy) is 2. The van der Waals surface area contributed by atoms with Crippen molar-refractivity contribution in [3.05, 3.63) is 60.2 Å². The molecule has 0 aliphatic heterocycles. The van der Waals surface area contributed by atoms with E-state index in [1.54, 1.807) is 31.4 Å². The predicted octanol–water partition coefficient (Wildman–Crippen LogP) is 7.91. The Kier molecular flexibility index (Phi) is 14.2. The molecule has 2 aromatic carbocycles. The summed E-state index contributed by atoms with van der Waals surface area (Å²) in [6.07, 6.45) is -0.261. The average molecular weight is 621 g/mol. The number of hydrogen-bond donors (Lipinski definition) is 1. The standard InChI is InChI=1S/C34H56O6SSi/c1-24(2)42(25(3)4,26(5)6)40-21-27(7)20-28(8)34(41(36,37)32-14-12-11-13-15-32)29(9)33(35)23-39-22-30-16-18-31(38-10)19-17-30/h11-19,24-29,33-35H,20-23H2,1-10H3/t27-,28+,29-,33+,34?/m1/s1. The molecule has 6 nitrogen and oxygen atoms in total. The molecule has 42 heavy (non-hydrogen) atoms. The van der Waals surface area contributed by atoms with Gasteiger partial charge in [-0.05, 0) is 64.7 Å². The summed E-state index contributed by atoms with van der Waals surface area (Å²) in [5.74, 6) is 0.200. The summed E-state index contributed by atoms with van der Waals surface area (Å²) in [6.45, 7) is 20.6. The Morgan fingerprint density at radius 3 is 1.83 bits per heavy atom. The Balaban J connectivity index is 2.21. The van der Waals surface area contributed by atoms with Crippen molar-refractivity contribution in [2.45, 2.75) is 108 Å². The van der Waals surface area contributed by atoms with Gasteiger partial charge in [-0.15, -0.1) is 0 Å². The van der Waals surface area contributed by atoms with Gasteiger partial charge in [-0.3, -0.25) is 0 Å². The van der Waals surface area contributed by atoms with Gasteiger partial charge in [-0.2, -0.15) is 0 Å². The first kappa shape index (κ1) is 36.5. The molecule has 0 bridgehead atoms. The number of sulfone groups is 1. The van der Waals surface area contributed by atoms with Crippen LogP contribution in [0.1, 0.15) is 74.3 Å². The van der Waals surface area contributed by atoms with Crippen molar-refractivity contribution in [1.82, 2.24) is 0 Å². The van der Waals surface area contributed by atoms with Crippen LogP contribution in [0.2, 0.25) is 16.6 Å². The van der Waals surface area contributed by atoms with Crippen LogP contribution < -0.4 is 4.74 Å². The molecule has 0 aliphatic carbocycles. The summed E-state index contributed by atoms with van der Waals surface area (Å²) in [5, 5.41) is 10.4. The summed E-state index contributed by atoms with van der Waals surface area (Å²) in [4.78, 5) is 0.287. The third-order valence-corrected chi connectivity index (χ3v) is 17.6. The fourth-order valence-electron chi connectivity index (χ4n) is 6.89. The fourth-order valence-corrected chi connectivity index (χ4v) is 14.8. The van der Waals surface area contributed by atoms with Gasteiger partial charge >= 0.3 is 0 Å². The van der Waals surface area contributed by atoms with E-state index in [0.29, 0.717) is 36.3 Å². The van der Waals surface area contributed by atoms with Gasteiger partial charge < -0.3 is 19.0 Å². The van der Waals surface area contributed by atoms with Crippen molar-refractivity contribution < 1.29 is 27.4 Å². The smallest absolute Gasteiger partial charge is 0.200 e. The maximum Gasteiger partial charge on any atom is 0.200 e. The van der Waals surface area contributed by atoms with Gasteiger partial charge in [0.2, 0.25) is 0 Å². The molecular weight excluding hydrogens is 565 g/mol. The van der Waals surface area contributed by atoms with Crippen LogP contribution in [0.5, 0.6) is 5.75 Å². The quantitative estimate of drug-likeness (QED) is 0.171. The molecule has 0 aliphatic rings. The third kappa shape index (κ3) is 9.15. The number of benzene rings is 2. The van der Waals surface area contributed by atoms with Gasteiger partial charge in [-0.1, -0.05) is 92.6 Å². The Morgan fingerprint density at radius 2 is 1.33 bits per heavy atom. The van der Waals surface area contributed by atoms with E-state index in [-0.39, 0.29) is 23.3 Å². The highest BCUT2D eigenvalue weighted by atomic mass is 32.2. The number of aliphatic hydroxyl groups is 1. The molecule has 0 heterocycles. The maximum atomic E-state index is 14.1. The summed E-state index contributed by atoms with van der Waals surface area (Å²) < 4.78 is 46.0. The van der Waals surface area contributed by atoms with E-state index in [1.807, 2.05) is 44.2 Å². The van der Waals surface area contributed by atoms with Crippen LogP contribution in [-0.2, 0) is 25.6 Å². The predicted molar refractivity (Wildman–Crippen MR) is 175 cm³/mol. The highest BCUT2D eigenvalue weighted by molar-refractivity contribution is 7.92. The van der Waals surface area contributed by atoms with Gasteiger partial charge in [0.15, 0.2) is 18.2 Å². The molecule has 0 saturated heterocycles. The van der Waals surface area contributed by atoms with Crippen LogP contribution in [0.3, 0.4) is 0 Å². The lowest BCUT2D eigenvalue weighted by molar-refractivity contribution is -0.00255. The average Bonchev–Trinajstić information content (AvgIpc) is 2.93. The van der Waals surface area contributed by atoms with E-state index < -0.39 is 35.4 Å². The lowest BCUT2D eigenvalue weighted by Gasteiger charge is -2.43. The molecule has 5 atom stereocenters. The SMILES string of the molecule is COc1ccc(COC[C@H](O)[C@@H](C)C([C@@H](C)C[C@@H](C)CO[Si](C(C)C)(C(C)C)C(C)C)S(=O)(=O)c2ccccc2)cc1. The summed E-state index contributed by atoms with van der Waals surface area (Å²) in [7, 11) is -4.13. The zero-order valence-electron chi connectivity index (χ0n) is 27.5. The Hall–Kier alpha value is -1.71. The molecule has 0 saturated carbocycles. The van der Waals surface area contributed by atoms with Crippen molar-refractivity contribution >= 4 is 18.2 Å². The first-order valence-corrected chi connectivity index (χ1v) is 19.2. The number of methoxy groups -OCH3 is 1. The van der Waals surface area contributed by atoms with E-state index in [0.717, 1.165) is 11.3 Å². The second-order valence-electron chi connectivity index (χ2n) is 13.1. The minimum absolute atomic E-state index is 0.0463. The maximum absolute atomic E-state index is 14.1. The number of aliphatic hydroxyl groups excluding tert-OH is 1. The second kappa shape index (κ2) is 16.4. The number of rotatable bonds is 18. The molecule has 2 rings (SSSR count). The molecule has 0 fully saturated rings. The molecule has 0 amide bonds. The first-order valence-electron chi connectivity index (χ1n) is 15.5. The van der Waals surface area contributed by atoms with E-state index in [1.165, 1.54) is 0 Å². The minimum Gasteiger partial charge on any atom is -0.497 e. The van der Waals surface area contributed by atoms with Crippen molar-refractivity contribution in [2.24, 2.45) is 17.8 Å². The normalized spacial score (nSPS) is 16.4. The second-order valence-corrected chi connectivity index (χ2v) is 20.6. The van der Waals surface area contributed by atoms with Gasteiger partial charge in [-0.25, -0.2) is 8.42 Å². The van der Waals surface area contributed by atoms with Gasteiger partial charge in [0, 0.05) is 12.5 Å². The van der Waals surface area contributed by atoms with Crippen molar-refractivity contribution in [3.63, 3.8) is 0 Å². The molecular formula is C34H56O6SSi. The van der Waals surface area contributed by atoms with Gasteiger partial charge in [0.1, 0.15) is 5.75 Å². The Bertz CT molecular complexity index is 1130. The topological polar surface area (TPSA) is 82.1 Å². The molecule has 238 valence electrons. The summed E-state index contributed by atoms with van der Waals surface area (Å²) in [5.41, 5.74) is 2.42. The van der Waals surface area contributed by atoms with E-state index >= 15 is 0 Å². The lowest BCUT2D eigenvalue weighted by atomic mass is 9.87. The highest BCUT2D eigenvalue weighted by Crippen LogP contribution is 2.43. The fraction of sp³-hybridized carbons (Fsp3) is 0.647. The van der Waals surface area contributed by atoms with Crippen LogP contribution in [0.4, 0.5) is 0 Å². The lowest BCUT2D eigenvalue weighted by Crippen LogP contribution is -2.48. The summed E-state index contributed by atoms with van der Waals surface area (Å²) in [6, 6.07) is 16.2. The van der Waals surface area contributed by atoms with Crippen LogP contribution in [0, 0.1) is 17.8 Å². The third-order valence-electron chi connectivity index (χ3n) is 8.93. The molecule has 1 N–H and O–H groups in total. The largest absolute Gasteiger partial charge is 0.497 e. The van der Waals surface area contributed by atoms with Crippen LogP contribution in [0.15, 0.2) is 59.5 Å². The van der Waals surface area contributed by atoms with Crippen molar-refractivity contribution in [2.75, 3.05) is 20.3 Å². The molecule has 0 spiro atoms. The highest BCUT2D eigenvalue weighted by Gasteiger charge is 2.45. The van der Waals surface area contributed by atoms with Crippen molar-refractivity contribution in [1.29, 1.82) is 0 Å². The zero-order chi connectivity index (χ0) is 31.7. The van der Waals surface area contributed by atoms with Crippen LogP contribution in [-0.4, -0.2) is 53.5 Å². The van der Waals surface area contributed by atoms with E-state index in [2.05, 4.69) is 48.5 Å². The van der Waals surface area contributed by atoms with E-state index in [9.17, 15) is 13.5 Å². The van der Waals surface area contributed by atoms with Gasteiger partial charge in [0.25, 0.3) is 0 Å². The van der Waals surface area contributed by atoms with E-state index in [4.69, 9.17) is 13.9 Å². The Labute approximate surface area is 257 Å². The summed E-state index contributed by atoms with van der Waals surface area (Å²) >= 11 is 0. The molecule has 2 aromatic rings.